The van der Waals surface area contributed by atoms with Gasteiger partial charge in [-0.15, -0.1) is 0 Å². The fraction of sp³-hybridized carbons (Fsp3) is 0.0714. The number of hydrogen-bond acceptors (Lipinski definition) is 3. The second kappa shape index (κ2) is 4.82. The molecular weight excluding hydrogens is 264 g/mol. The molecule has 1 aromatic heterocycles. The number of ether oxygens (including phenoxy) is 1. The standard InChI is InChI=1S/C14H11ClN2O2/c15-9-2-1-3-11(6-9)19-8-14-16-12-5-4-10(18)7-13(12)17-14/h1-7,18H,8H2,(H,16,17). The van der Waals surface area contributed by atoms with E-state index in [0.29, 0.717) is 23.2 Å². The third kappa shape index (κ3) is 2.63. The number of imidazole rings is 1. The van der Waals surface area contributed by atoms with E-state index >= 15 is 0 Å². The molecule has 0 fully saturated rings. The maximum Gasteiger partial charge on any atom is 0.146 e. The van der Waals surface area contributed by atoms with Crippen molar-refractivity contribution in [3.05, 3.63) is 53.3 Å². The normalized spacial score (nSPS) is 10.8. The van der Waals surface area contributed by atoms with Crippen LogP contribution in [0.3, 0.4) is 0 Å². The molecule has 1 heterocycles. The molecule has 0 bridgehead atoms. The summed E-state index contributed by atoms with van der Waals surface area (Å²) in [5, 5.41) is 10.0. The van der Waals surface area contributed by atoms with Gasteiger partial charge in [0.15, 0.2) is 0 Å². The fourth-order valence-electron chi connectivity index (χ4n) is 1.83. The summed E-state index contributed by atoms with van der Waals surface area (Å²) in [5.74, 6) is 1.59. The van der Waals surface area contributed by atoms with E-state index in [4.69, 9.17) is 16.3 Å². The van der Waals surface area contributed by atoms with Gasteiger partial charge in [-0.05, 0) is 30.3 Å². The molecule has 3 aromatic rings. The predicted octanol–water partition coefficient (Wildman–Crippen LogP) is 3.50. The van der Waals surface area contributed by atoms with Crippen molar-refractivity contribution in [3.63, 3.8) is 0 Å². The molecule has 0 unspecified atom stereocenters. The number of fused-ring (bicyclic) bond motifs is 1. The zero-order valence-corrected chi connectivity index (χ0v) is 10.7. The molecule has 5 heteroatoms. The van der Waals surface area contributed by atoms with Crippen molar-refractivity contribution in [2.45, 2.75) is 6.61 Å². The number of H-pyrrole nitrogens is 1. The van der Waals surface area contributed by atoms with Gasteiger partial charge in [0.2, 0.25) is 0 Å². The first-order valence-electron chi connectivity index (χ1n) is 5.77. The van der Waals surface area contributed by atoms with Gasteiger partial charge in [-0.1, -0.05) is 17.7 Å². The molecule has 0 atom stereocenters. The minimum Gasteiger partial charge on any atom is -0.508 e. The van der Waals surface area contributed by atoms with Gasteiger partial charge in [-0.25, -0.2) is 4.98 Å². The number of phenols is 1. The molecule has 0 saturated heterocycles. The largest absolute Gasteiger partial charge is 0.508 e. The van der Waals surface area contributed by atoms with Crippen LogP contribution in [0.1, 0.15) is 5.82 Å². The van der Waals surface area contributed by atoms with Crippen molar-refractivity contribution in [1.82, 2.24) is 9.97 Å². The lowest BCUT2D eigenvalue weighted by atomic mass is 10.3. The highest BCUT2D eigenvalue weighted by Gasteiger charge is 2.04. The minimum atomic E-state index is 0.207. The SMILES string of the molecule is Oc1ccc2nc(COc3cccc(Cl)c3)[nH]c2c1. The maximum absolute atomic E-state index is 9.38. The Labute approximate surface area is 114 Å². The molecule has 0 spiro atoms. The van der Waals surface area contributed by atoms with Gasteiger partial charge < -0.3 is 14.8 Å². The monoisotopic (exact) mass is 274 g/mol. The van der Waals surface area contributed by atoms with Crippen molar-refractivity contribution < 1.29 is 9.84 Å². The van der Waals surface area contributed by atoms with Crippen LogP contribution < -0.4 is 4.74 Å². The number of aromatic nitrogens is 2. The number of nitrogens with one attached hydrogen (secondary N) is 1. The van der Waals surface area contributed by atoms with Crippen LogP contribution in [0.15, 0.2) is 42.5 Å². The van der Waals surface area contributed by atoms with E-state index in [1.54, 1.807) is 30.3 Å². The van der Waals surface area contributed by atoms with E-state index in [1.807, 2.05) is 12.1 Å². The molecule has 0 aliphatic rings. The van der Waals surface area contributed by atoms with Crippen molar-refractivity contribution >= 4 is 22.6 Å². The van der Waals surface area contributed by atoms with E-state index in [0.717, 1.165) is 11.0 Å². The summed E-state index contributed by atoms with van der Waals surface area (Å²) in [6.45, 7) is 0.315. The van der Waals surface area contributed by atoms with Gasteiger partial charge in [0, 0.05) is 11.1 Å². The summed E-state index contributed by atoms with van der Waals surface area (Å²) in [5.41, 5.74) is 1.58. The van der Waals surface area contributed by atoms with Crippen molar-refractivity contribution in [3.8, 4) is 11.5 Å². The fourth-order valence-corrected chi connectivity index (χ4v) is 2.01. The topological polar surface area (TPSA) is 58.1 Å². The lowest BCUT2D eigenvalue weighted by molar-refractivity contribution is 0.297. The van der Waals surface area contributed by atoms with Crippen LogP contribution in [0.25, 0.3) is 11.0 Å². The first-order chi connectivity index (χ1) is 9.20. The number of phenolic OH excluding ortho intramolecular Hbond substituents is 1. The van der Waals surface area contributed by atoms with Gasteiger partial charge in [0.05, 0.1) is 11.0 Å². The molecular formula is C14H11ClN2O2. The summed E-state index contributed by atoms with van der Waals surface area (Å²) in [4.78, 5) is 7.46. The Bertz CT molecular complexity index is 724. The Hall–Kier alpha value is -2.20. The number of hydrogen-bond donors (Lipinski definition) is 2. The van der Waals surface area contributed by atoms with Gasteiger partial charge >= 0.3 is 0 Å². The molecule has 0 saturated carbocycles. The molecule has 2 aromatic carbocycles. The summed E-state index contributed by atoms with van der Waals surface area (Å²) in [7, 11) is 0. The van der Waals surface area contributed by atoms with E-state index < -0.39 is 0 Å². The average molecular weight is 275 g/mol. The molecule has 96 valence electrons. The first kappa shape index (κ1) is 11.9. The molecule has 0 aliphatic carbocycles. The van der Waals surface area contributed by atoms with Crippen molar-refractivity contribution in [2.75, 3.05) is 0 Å². The summed E-state index contributed by atoms with van der Waals surface area (Å²) >= 11 is 5.88. The Balaban J connectivity index is 1.78. The smallest absolute Gasteiger partial charge is 0.146 e. The van der Waals surface area contributed by atoms with Crippen LogP contribution in [-0.2, 0) is 6.61 Å². The third-order valence-corrected chi connectivity index (χ3v) is 2.92. The number of nitrogens with zero attached hydrogens (tertiary/aromatic N) is 1. The molecule has 0 aliphatic heterocycles. The summed E-state index contributed by atoms with van der Waals surface area (Å²) in [6, 6.07) is 12.2. The molecule has 0 radical (unpaired) electrons. The Morgan fingerprint density at radius 1 is 1.21 bits per heavy atom. The van der Waals surface area contributed by atoms with Gasteiger partial charge in [0.1, 0.15) is 23.9 Å². The zero-order valence-electron chi connectivity index (χ0n) is 9.93. The van der Waals surface area contributed by atoms with Crippen LogP contribution in [0, 0.1) is 0 Å². The summed E-state index contributed by atoms with van der Waals surface area (Å²) in [6.07, 6.45) is 0. The lowest BCUT2D eigenvalue weighted by Gasteiger charge is -2.03. The van der Waals surface area contributed by atoms with Gasteiger partial charge in [-0.2, -0.15) is 0 Å². The van der Waals surface area contributed by atoms with Crippen LogP contribution in [0.4, 0.5) is 0 Å². The highest BCUT2D eigenvalue weighted by atomic mass is 35.5. The number of aromatic amines is 1. The highest BCUT2D eigenvalue weighted by molar-refractivity contribution is 6.30. The quantitative estimate of drug-likeness (QED) is 0.768. The minimum absolute atomic E-state index is 0.207. The van der Waals surface area contributed by atoms with Crippen LogP contribution in [-0.4, -0.2) is 15.1 Å². The number of aromatic hydroxyl groups is 1. The van der Waals surface area contributed by atoms with E-state index in [2.05, 4.69) is 9.97 Å². The molecule has 2 N–H and O–H groups in total. The number of halogens is 1. The Morgan fingerprint density at radius 2 is 2.11 bits per heavy atom. The molecule has 4 nitrogen and oxygen atoms in total. The van der Waals surface area contributed by atoms with E-state index in [9.17, 15) is 5.11 Å². The van der Waals surface area contributed by atoms with E-state index in [1.165, 1.54) is 0 Å². The first-order valence-corrected chi connectivity index (χ1v) is 6.14. The maximum atomic E-state index is 9.38. The van der Waals surface area contributed by atoms with Crippen molar-refractivity contribution in [1.29, 1.82) is 0 Å². The Morgan fingerprint density at radius 3 is 2.95 bits per heavy atom. The van der Waals surface area contributed by atoms with Gasteiger partial charge in [-0.3, -0.25) is 0 Å². The second-order valence-corrected chi connectivity index (χ2v) is 4.57. The molecule has 0 amide bonds. The van der Waals surface area contributed by atoms with Crippen LogP contribution in [0.5, 0.6) is 11.5 Å². The molecule has 3 rings (SSSR count). The Kier molecular flexibility index (Phi) is 3.01. The zero-order chi connectivity index (χ0) is 13.2. The second-order valence-electron chi connectivity index (χ2n) is 4.13. The highest BCUT2D eigenvalue weighted by Crippen LogP contribution is 2.20. The van der Waals surface area contributed by atoms with E-state index in [-0.39, 0.29) is 5.75 Å². The lowest BCUT2D eigenvalue weighted by Crippen LogP contribution is -1.97. The average Bonchev–Trinajstić information content (AvgIpc) is 2.78. The van der Waals surface area contributed by atoms with Crippen LogP contribution in [0.2, 0.25) is 5.02 Å². The van der Waals surface area contributed by atoms with Gasteiger partial charge in [0.25, 0.3) is 0 Å². The summed E-state index contributed by atoms with van der Waals surface area (Å²) < 4.78 is 5.59. The van der Waals surface area contributed by atoms with Crippen LogP contribution >= 0.6 is 11.6 Å². The van der Waals surface area contributed by atoms with Crippen molar-refractivity contribution in [2.24, 2.45) is 0 Å². The number of rotatable bonds is 3. The third-order valence-electron chi connectivity index (χ3n) is 2.69. The molecule has 19 heavy (non-hydrogen) atoms. The number of benzene rings is 2. The predicted molar refractivity (Wildman–Crippen MR) is 73.5 cm³/mol.